The maximum Gasteiger partial charge on any atom is 0.172 e. The Kier molecular flexibility index (Phi) is 18.0. The molecule has 0 fully saturated rings. The van der Waals surface area contributed by atoms with E-state index < -0.39 is 21.8 Å². The summed E-state index contributed by atoms with van der Waals surface area (Å²) in [4.78, 5) is 0. The number of benzene rings is 21. The van der Waals surface area contributed by atoms with Crippen LogP contribution in [0.5, 0.6) is 0 Å². The topological polar surface area (TPSA) is 75.2 Å². The molecule has 2 aliphatic rings. The van der Waals surface area contributed by atoms with Crippen LogP contribution in [-0.4, -0.2) is 13.7 Å². The Morgan fingerprint density at radius 1 is 0.234 bits per heavy atom. The minimum Gasteiger partial charge on any atom is -0.456 e. The van der Waals surface area contributed by atoms with E-state index in [0.29, 0.717) is 0 Å². The summed E-state index contributed by atoms with van der Waals surface area (Å²) in [5.41, 5.74) is 25.0. The molecular weight excluding hydrogens is 1740 g/mol. The van der Waals surface area contributed by atoms with E-state index in [1.165, 1.54) is 85.0 Å². The molecule has 0 spiro atoms. The molecule has 11 heteroatoms. The van der Waals surface area contributed by atoms with Gasteiger partial charge in [-0.2, -0.15) is 0 Å². The van der Waals surface area contributed by atoms with Gasteiger partial charge >= 0.3 is 0 Å². The van der Waals surface area contributed by atoms with E-state index in [0.717, 1.165) is 175 Å². The SMILES string of the molecule is O=P1(c2ccccc2)c2ccccc2-c2ccc3c(c21)c1ccccc1n3-c1ccc(-c2cccc3c2oc2ccccc23)cc1.O=P1(c2ccccc2)c2ccccc2-c2ccc3c(c21)c1ccccc1n3-c1ccc(-c2cccc3sc4ccccc4c23)cc1.c1ccc(-p2c3ccccc3c3ccc4c(c5ccccc5n4-c4ccc(-c5ccc6c(c5)oc5ccccc56)cc4)c32)cc1. The van der Waals surface area contributed by atoms with Gasteiger partial charge in [-0.05, 0) is 175 Å². The molecule has 0 N–H and O–H groups in total. The van der Waals surface area contributed by atoms with Crippen LogP contribution < -0.4 is 31.8 Å². The summed E-state index contributed by atoms with van der Waals surface area (Å²) in [7, 11) is -6.95. The van der Waals surface area contributed by atoms with Gasteiger partial charge < -0.3 is 31.7 Å². The molecule has 21 aromatic carbocycles. The molecule has 642 valence electrons. The number of nitrogens with zero attached hydrogens (tertiary/aromatic N) is 3. The molecule has 137 heavy (non-hydrogen) atoms. The summed E-state index contributed by atoms with van der Waals surface area (Å²) in [6, 6.07) is 167. The first-order chi connectivity index (χ1) is 67.8. The standard InChI is InChI=1S/C42H26NO2P.C42H26NOPS.C42H26NOP/c44-46(29-11-2-1-3-12-29)39-20-9-6-14-32(39)34-25-26-37-40(42(34)46)35-15-4-7-18-36(35)43(37)28-23-21-27(22-24-28)30-16-10-17-33-31-13-5-8-19-38(31)45-41(30)33;44-45(29-11-2-1-3-12-29)37-18-8-5-13-31(37)32-25-26-36-41(42(32)45)33-14-4-7-17-35(33)43(36)28-23-21-27(22-24-28)30-16-10-20-39-40(30)34-15-6-9-19-38(34)46-39;1-2-10-30(11-3-1)45-40-17-9-6-13-33(40)34-24-25-37-41(42(34)45)35-14-4-7-15-36(35)43(37)29-21-18-27(19-22-29)28-20-23-32-31-12-5-8-16-38(31)44-39(32)26-28/h2*1-26H;1-26H. The lowest BCUT2D eigenvalue weighted by atomic mass is 9.99. The van der Waals surface area contributed by atoms with Crippen molar-refractivity contribution in [2.45, 2.75) is 0 Å². The molecule has 0 bridgehead atoms. The summed E-state index contributed by atoms with van der Waals surface area (Å²) in [5, 5.41) is 26.8. The predicted octanol–water partition coefficient (Wildman–Crippen LogP) is 33.0. The number of rotatable bonds is 9. The average Bonchev–Trinajstić information content (AvgIpc) is 1.53. The van der Waals surface area contributed by atoms with Crippen molar-refractivity contribution in [1.82, 2.24) is 13.7 Å². The molecule has 3 atom stereocenters. The number of furan rings is 2. The molecule has 28 aromatic rings. The molecule has 3 unspecified atom stereocenters. The zero-order chi connectivity index (χ0) is 90.3. The van der Waals surface area contributed by atoms with Crippen molar-refractivity contribution in [1.29, 1.82) is 0 Å². The minimum atomic E-state index is -3.14. The lowest BCUT2D eigenvalue weighted by Crippen LogP contribution is -2.21. The third-order valence-corrected chi connectivity index (χ3v) is 38.7. The van der Waals surface area contributed by atoms with Crippen LogP contribution in [0.15, 0.2) is 482 Å². The van der Waals surface area contributed by atoms with Gasteiger partial charge in [-0.15, -0.1) is 11.3 Å². The van der Waals surface area contributed by atoms with Crippen LogP contribution in [0.1, 0.15) is 0 Å². The van der Waals surface area contributed by atoms with Crippen LogP contribution in [0, 0.1) is 0 Å². The van der Waals surface area contributed by atoms with E-state index in [-0.39, 0.29) is 0 Å². The lowest BCUT2D eigenvalue weighted by molar-refractivity contribution is 0.592. The molecule has 0 aliphatic carbocycles. The van der Waals surface area contributed by atoms with Crippen LogP contribution in [0.2, 0.25) is 0 Å². The van der Waals surface area contributed by atoms with Crippen LogP contribution in [0.25, 0.3) is 228 Å². The van der Waals surface area contributed by atoms with E-state index in [2.05, 4.69) is 384 Å². The zero-order valence-electron chi connectivity index (χ0n) is 73.8. The molecule has 0 saturated carbocycles. The van der Waals surface area contributed by atoms with E-state index in [1.807, 2.05) is 114 Å². The molecule has 30 rings (SSSR count). The van der Waals surface area contributed by atoms with Gasteiger partial charge in [0.05, 0.1) is 33.1 Å². The normalized spacial score (nSPS) is 14.5. The molecular formula is C126H78N3O4P3S. The predicted molar refractivity (Wildman–Crippen MR) is 582 cm³/mol. The van der Waals surface area contributed by atoms with Crippen LogP contribution in [0.3, 0.4) is 0 Å². The Morgan fingerprint density at radius 3 is 1.21 bits per heavy atom. The zero-order valence-corrected chi connectivity index (χ0v) is 77.3. The van der Waals surface area contributed by atoms with E-state index in [1.54, 1.807) is 0 Å². The minimum absolute atomic E-state index is 0.681. The molecule has 0 amide bonds. The average molecular weight is 1820 g/mol. The van der Waals surface area contributed by atoms with Gasteiger partial charge in [-0.1, -0.05) is 372 Å². The number of aromatic nitrogens is 3. The Hall–Kier alpha value is -16.4. The number of para-hydroxylation sites is 6. The Morgan fingerprint density at radius 2 is 0.628 bits per heavy atom. The van der Waals surface area contributed by atoms with Crippen LogP contribution in [0.4, 0.5) is 0 Å². The van der Waals surface area contributed by atoms with Crippen molar-refractivity contribution < 1.29 is 18.0 Å². The summed E-state index contributed by atoms with van der Waals surface area (Å²) < 4.78 is 53.5. The van der Waals surface area contributed by atoms with Crippen molar-refractivity contribution in [3.63, 3.8) is 0 Å². The van der Waals surface area contributed by atoms with Crippen LogP contribution >= 0.6 is 33.2 Å². The molecule has 0 saturated heterocycles. The summed E-state index contributed by atoms with van der Waals surface area (Å²) in [5.74, 6) is 0. The number of fused-ring (bicyclic) bond motifs is 30. The number of hydrogen-bond acceptors (Lipinski definition) is 5. The smallest absolute Gasteiger partial charge is 0.172 e. The molecule has 0 radical (unpaired) electrons. The number of thiophene rings is 1. The third kappa shape index (κ3) is 11.9. The fraction of sp³-hybridized carbons (Fsp3) is 0. The highest BCUT2D eigenvalue weighted by Crippen LogP contribution is 2.61. The maximum atomic E-state index is 15.6. The van der Waals surface area contributed by atoms with Crippen molar-refractivity contribution in [2.75, 3.05) is 0 Å². The highest BCUT2D eigenvalue weighted by molar-refractivity contribution is 7.87. The Bertz CT molecular complexity index is 9990. The Balaban J connectivity index is 0.000000102. The van der Waals surface area contributed by atoms with Crippen molar-refractivity contribution >= 4 is 215 Å². The first-order valence-corrected chi connectivity index (χ1v) is 52.0. The van der Waals surface area contributed by atoms with E-state index >= 15 is 9.13 Å². The monoisotopic (exact) mass is 1820 g/mol. The largest absolute Gasteiger partial charge is 0.456 e. The van der Waals surface area contributed by atoms with Crippen molar-refractivity contribution in [3.05, 3.63) is 473 Å². The third-order valence-electron chi connectivity index (χ3n) is 28.6. The van der Waals surface area contributed by atoms with E-state index in [9.17, 15) is 0 Å². The maximum absolute atomic E-state index is 15.6. The van der Waals surface area contributed by atoms with Crippen LogP contribution in [-0.2, 0) is 9.13 Å². The summed E-state index contributed by atoms with van der Waals surface area (Å²) in [6.07, 6.45) is 0. The van der Waals surface area contributed by atoms with Gasteiger partial charge in [0.1, 0.15) is 22.3 Å². The summed E-state index contributed by atoms with van der Waals surface area (Å²) in [6.45, 7) is 0. The van der Waals surface area contributed by atoms with Gasteiger partial charge in [0.25, 0.3) is 0 Å². The second kappa shape index (κ2) is 31.1. The fourth-order valence-electron chi connectivity index (χ4n) is 22.6. The second-order valence-electron chi connectivity index (χ2n) is 35.7. The molecule has 7 aromatic heterocycles. The molecule has 7 nitrogen and oxygen atoms in total. The number of hydrogen-bond donors (Lipinski definition) is 0. The fourth-order valence-corrected chi connectivity index (χ4v) is 33.2. The van der Waals surface area contributed by atoms with Crippen molar-refractivity contribution in [3.8, 4) is 78.0 Å². The molecule has 9 heterocycles. The second-order valence-corrected chi connectivity index (χ2v) is 44.3. The quantitative estimate of drug-likeness (QED) is 0.135. The summed E-state index contributed by atoms with van der Waals surface area (Å²) >= 11 is 1.85. The first-order valence-electron chi connectivity index (χ1n) is 46.5. The highest BCUT2D eigenvalue weighted by atomic mass is 32.1. The van der Waals surface area contributed by atoms with Crippen molar-refractivity contribution in [2.24, 2.45) is 0 Å². The van der Waals surface area contributed by atoms with Gasteiger partial charge in [-0.3, -0.25) is 0 Å². The lowest BCUT2D eigenvalue weighted by Gasteiger charge is -2.17. The highest BCUT2D eigenvalue weighted by Gasteiger charge is 2.45. The van der Waals surface area contributed by atoms with Gasteiger partial charge in [-0.25, -0.2) is 0 Å². The first kappa shape index (κ1) is 79.2. The van der Waals surface area contributed by atoms with Gasteiger partial charge in [0, 0.05) is 139 Å². The Labute approximate surface area is 792 Å². The molecule has 2 aliphatic heterocycles. The van der Waals surface area contributed by atoms with E-state index in [4.69, 9.17) is 8.83 Å². The van der Waals surface area contributed by atoms with Gasteiger partial charge in [0.2, 0.25) is 0 Å². The van der Waals surface area contributed by atoms with Gasteiger partial charge in [0.15, 0.2) is 14.3 Å².